The molecule has 1 aromatic rings. The minimum Gasteiger partial charge on any atom is -0.388 e. The molecule has 0 amide bonds. The lowest BCUT2D eigenvalue weighted by atomic mass is 10.1. The number of aliphatic imine (C=N–C) groups is 1. The summed E-state index contributed by atoms with van der Waals surface area (Å²) < 4.78 is 0. The monoisotopic (exact) mass is 278 g/mol. The first kappa shape index (κ1) is 14.1. The molecular weight excluding hydrogens is 271 g/mol. The molecule has 18 heavy (non-hydrogen) atoms. The SMILES string of the molecule is CC(=N/C(C#N)=C(\N)C#N)c1ccc(Cl)c(Cl)c1. The van der Waals surface area contributed by atoms with Crippen molar-refractivity contribution in [3.8, 4) is 12.1 Å². The van der Waals surface area contributed by atoms with Gasteiger partial charge in [0.05, 0.1) is 10.0 Å². The maximum atomic E-state index is 8.83. The van der Waals surface area contributed by atoms with Gasteiger partial charge in [0, 0.05) is 5.71 Å². The average Bonchev–Trinajstić information content (AvgIpc) is 2.37. The molecule has 1 rings (SSSR count). The third-order valence-electron chi connectivity index (χ3n) is 2.10. The van der Waals surface area contributed by atoms with E-state index in [1.54, 1.807) is 37.3 Å². The third kappa shape index (κ3) is 3.24. The van der Waals surface area contributed by atoms with Gasteiger partial charge in [-0.3, -0.25) is 0 Å². The predicted octanol–water partition coefficient (Wildman–Crippen LogP) is 3.02. The molecular formula is C12H8Cl2N4. The van der Waals surface area contributed by atoms with E-state index in [1.807, 2.05) is 0 Å². The molecule has 0 fully saturated rings. The van der Waals surface area contributed by atoms with Gasteiger partial charge in [-0.05, 0) is 24.6 Å². The van der Waals surface area contributed by atoms with E-state index in [9.17, 15) is 0 Å². The van der Waals surface area contributed by atoms with Crippen molar-refractivity contribution in [1.29, 1.82) is 10.5 Å². The standard InChI is InChI=1S/C12H8Cl2N4/c1-7(18-12(6-16)11(17)5-15)8-2-3-9(13)10(14)4-8/h2-4H,17H2,1H3/b12-11-,18-7?. The molecule has 6 heteroatoms. The Balaban J connectivity index is 3.23. The zero-order valence-corrected chi connectivity index (χ0v) is 10.9. The number of hydrogen-bond donors (Lipinski definition) is 1. The van der Waals surface area contributed by atoms with Crippen molar-refractivity contribution in [1.82, 2.24) is 0 Å². The van der Waals surface area contributed by atoms with Crippen LogP contribution in [0.15, 0.2) is 34.6 Å². The molecule has 0 aliphatic carbocycles. The second kappa shape index (κ2) is 6.07. The number of benzene rings is 1. The van der Waals surface area contributed by atoms with E-state index in [1.165, 1.54) is 0 Å². The maximum absolute atomic E-state index is 8.83. The maximum Gasteiger partial charge on any atom is 0.174 e. The van der Waals surface area contributed by atoms with Crippen LogP contribution in [0, 0.1) is 22.7 Å². The van der Waals surface area contributed by atoms with Gasteiger partial charge in [-0.15, -0.1) is 0 Å². The van der Waals surface area contributed by atoms with Crippen LogP contribution < -0.4 is 5.73 Å². The van der Waals surface area contributed by atoms with Crippen LogP contribution in [0.5, 0.6) is 0 Å². The zero-order chi connectivity index (χ0) is 13.7. The van der Waals surface area contributed by atoms with Gasteiger partial charge >= 0.3 is 0 Å². The van der Waals surface area contributed by atoms with Crippen molar-refractivity contribution in [2.45, 2.75) is 6.92 Å². The lowest BCUT2D eigenvalue weighted by Gasteiger charge is -2.02. The Bertz CT molecular complexity index is 618. The zero-order valence-electron chi connectivity index (χ0n) is 9.41. The lowest BCUT2D eigenvalue weighted by molar-refractivity contribution is 1.26. The average molecular weight is 279 g/mol. The molecule has 0 bridgehead atoms. The smallest absolute Gasteiger partial charge is 0.174 e. The second-order valence-corrected chi connectivity index (χ2v) is 4.13. The van der Waals surface area contributed by atoms with Crippen LogP contribution in [0.25, 0.3) is 0 Å². The lowest BCUT2D eigenvalue weighted by Crippen LogP contribution is -2.01. The quantitative estimate of drug-likeness (QED) is 0.666. The van der Waals surface area contributed by atoms with Gasteiger partial charge in [-0.2, -0.15) is 10.5 Å². The molecule has 0 aliphatic rings. The van der Waals surface area contributed by atoms with Crippen molar-refractivity contribution in [2.75, 3.05) is 0 Å². The second-order valence-electron chi connectivity index (χ2n) is 3.31. The number of halogens is 2. The Morgan fingerprint density at radius 1 is 1.22 bits per heavy atom. The van der Waals surface area contributed by atoms with Crippen LogP contribution in [-0.2, 0) is 0 Å². The summed E-state index contributed by atoms with van der Waals surface area (Å²) in [5.41, 5.74) is 6.21. The van der Waals surface area contributed by atoms with E-state index in [0.29, 0.717) is 21.3 Å². The van der Waals surface area contributed by atoms with Gasteiger partial charge in [0.25, 0.3) is 0 Å². The van der Waals surface area contributed by atoms with Crippen molar-refractivity contribution in [2.24, 2.45) is 10.7 Å². The minimum atomic E-state index is -0.225. The number of rotatable bonds is 2. The highest BCUT2D eigenvalue weighted by Gasteiger charge is 2.05. The number of allylic oxidation sites excluding steroid dienone is 2. The van der Waals surface area contributed by atoms with E-state index in [-0.39, 0.29) is 11.4 Å². The number of nitrogens with zero attached hydrogens (tertiary/aromatic N) is 3. The normalized spacial score (nSPS) is 12.4. The van der Waals surface area contributed by atoms with Crippen molar-refractivity contribution < 1.29 is 0 Å². The van der Waals surface area contributed by atoms with Crippen molar-refractivity contribution in [3.63, 3.8) is 0 Å². The highest BCUT2D eigenvalue weighted by Crippen LogP contribution is 2.23. The van der Waals surface area contributed by atoms with Crippen LogP contribution in [-0.4, -0.2) is 5.71 Å². The van der Waals surface area contributed by atoms with Gasteiger partial charge in [-0.25, -0.2) is 4.99 Å². The summed E-state index contributed by atoms with van der Waals surface area (Å²) in [6.07, 6.45) is 0. The number of nitrogens with two attached hydrogens (primary N) is 1. The minimum absolute atomic E-state index is 0.124. The van der Waals surface area contributed by atoms with E-state index in [4.69, 9.17) is 39.5 Å². The number of nitriles is 2. The van der Waals surface area contributed by atoms with Crippen LogP contribution in [0.4, 0.5) is 0 Å². The van der Waals surface area contributed by atoms with Gasteiger partial charge in [-0.1, -0.05) is 29.3 Å². The fourth-order valence-electron chi connectivity index (χ4n) is 1.15. The third-order valence-corrected chi connectivity index (χ3v) is 2.84. The molecule has 2 N–H and O–H groups in total. The first-order valence-corrected chi connectivity index (χ1v) is 5.56. The molecule has 90 valence electrons. The first-order valence-electron chi connectivity index (χ1n) is 4.80. The van der Waals surface area contributed by atoms with E-state index < -0.39 is 0 Å². The fraction of sp³-hybridized carbons (Fsp3) is 0.0833. The van der Waals surface area contributed by atoms with E-state index >= 15 is 0 Å². The molecule has 0 unspecified atom stereocenters. The van der Waals surface area contributed by atoms with Crippen molar-refractivity contribution in [3.05, 3.63) is 45.2 Å². The fourth-order valence-corrected chi connectivity index (χ4v) is 1.45. The predicted molar refractivity (Wildman–Crippen MR) is 71.1 cm³/mol. The summed E-state index contributed by atoms with van der Waals surface area (Å²) in [6.45, 7) is 1.68. The Hall–Kier alpha value is -2.01. The highest BCUT2D eigenvalue weighted by atomic mass is 35.5. The Morgan fingerprint density at radius 2 is 1.89 bits per heavy atom. The molecule has 0 aromatic heterocycles. The van der Waals surface area contributed by atoms with E-state index in [0.717, 1.165) is 0 Å². The molecule has 0 saturated heterocycles. The Labute approximate surface area is 115 Å². The summed E-state index contributed by atoms with van der Waals surface area (Å²) in [5, 5.41) is 18.3. The largest absolute Gasteiger partial charge is 0.388 e. The Kier molecular flexibility index (Phi) is 4.74. The molecule has 0 saturated carbocycles. The summed E-state index contributed by atoms with van der Waals surface area (Å²) in [6, 6.07) is 8.40. The molecule has 4 nitrogen and oxygen atoms in total. The van der Waals surface area contributed by atoms with Crippen LogP contribution in [0.2, 0.25) is 10.0 Å². The van der Waals surface area contributed by atoms with Gasteiger partial charge < -0.3 is 5.73 Å². The Morgan fingerprint density at radius 3 is 2.39 bits per heavy atom. The van der Waals surface area contributed by atoms with Gasteiger partial charge in [0.15, 0.2) is 5.70 Å². The summed E-state index contributed by atoms with van der Waals surface area (Å²) in [5.74, 6) is 0. The molecule has 0 spiro atoms. The first-order chi connectivity index (χ1) is 8.49. The molecule has 1 aromatic carbocycles. The molecule has 0 atom stereocenters. The van der Waals surface area contributed by atoms with Crippen LogP contribution in [0.1, 0.15) is 12.5 Å². The van der Waals surface area contributed by atoms with E-state index in [2.05, 4.69) is 4.99 Å². The summed E-state index contributed by atoms with van der Waals surface area (Å²) in [7, 11) is 0. The highest BCUT2D eigenvalue weighted by molar-refractivity contribution is 6.42. The molecule has 0 radical (unpaired) electrons. The summed E-state index contributed by atoms with van der Waals surface area (Å²) in [4.78, 5) is 3.99. The van der Waals surface area contributed by atoms with Gasteiger partial charge in [0.1, 0.15) is 17.8 Å². The van der Waals surface area contributed by atoms with Crippen LogP contribution >= 0.6 is 23.2 Å². The topological polar surface area (TPSA) is 86.0 Å². The summed E-state index contributed by atoms with van der Waals surface area (Å²) >= 11 is 11.7. The molecule has 0 aliphatic heterocycles. The van der Waals surface area contributed by atoms with Crippen molar-refractivity contribution >= 4 is 28.9 Å². The van der Waals surface area contributed by atoms with Crippen LogP contribution in [0.3, 0.4) is 0 Å². The number of hydrogen-bond acceptors (Lipinski definition) is 4. The molecule has 0 heterocycles. The van der Waals surface area contributed by atoms with Gasteiger partial charge in [0.2, 0.25) is 0 Å².